The molecule has 1 aliphatic rings. The fourth-order valence-electron chi connectivity index (χ4n) is 0.733. The SMILES string of the molecule is O=C(CI)OCN1C(=O)C=CC1=O. The normalized spacial score (nSPS) is 15.3. The number of alkyl halides is 1. The molecule has 0 spiro atoms. The monoisotopic (exact) mass is 295 g/mol. The highest BCUT2D eigenvalue weighted by Gasteiger charge is 2.23. The second kappa shape index (κ2) is 4.35. The van der Waals surface area contributed by atoms with Gasteiger partial charge in [0.15, 0.2) is 6.73 Å². The number of halogens is 1. The highest BCUT2D eigenvalue weighted by molar-refractivity contribution is 14.1. The molecule has 0 aromatic rings. The number of esters is 1. The molecule has 1 rings (SSSR count). The summed E-state index contributed by atoms with van der Waals surface area (Å²) in [5, 5.41) is 0. The predicted octanol–water partition coefficient (Wildman–Crippen LogP) is -0.153. The van der Waals surface area contributed by atoms with E-state index in [1.807, 2.05) is 22.6 Å². The van der Waals surface area contributed by atoms with Crippen molar-refractivity contribution in [2.75, 3.05) is 11.2 Å². The van der Waals surface area contributed by atoms with E-state index < -0.39 is 17.8 Å². The van der Waals surface area contributed by atoms with Gasteiger partial charge < -0.3 is 4.74 Å². The first-order valence-corrected chi connectivity index (χ1v) is 4.93. The first kappa shape index (κ1) is 10.2. The maximum absolute atomic E-state index is 10.9. The molecule has 0 aliphatic carbocycles. The van der Waals surface area contributed by atoms with Gasteiger partial charge >= 0.3 is 5.97 Å². The Balaban J connectivity index is 2.42. The zero-order valence-electron chi connectivity index (χ0n) is 6.53. The molecular formula is C7H6INO4. The van der Waals surface area contributed by atoms with E-state index in [1.54, 1.807) is 0 Å². The summed E-state index contributed by atoms with van der Waals surface area (Å²) in [6.45, 7) is -0.299. The Hall–Kier alpha value is -0.920. The van der Waals surface area contributed by atoms with E-state index in [9.17, 15) is 14.4 Å². The summed E-state index contributed by atoms with van der Waals surface area (Å²) in [7, 11) is 0. The van der Waals surface area contributed by atoms with Crippen molar-refractivity contribution in [3.63, 3.8) is 0 Å². The van der Waals surface area contributed by atoms with Gasteiger partial charge in [0.05, 0.1) is 4.43 Å². The minimum Gasteiger partial charge on any atom is -0.443 e. The van der Waals surface area contributed by atoms with E-state index in [-0.39, 0.29) is 11.2 Å². The van der Waals surface area contributed by atoms with Crippen LogP contribution in [-0.4, -0.2) is 33.8 Å². The Morgan fingerprint density at radius 2 is 1.92 bits per heavy atom. The summed E-state index contributed by atoms with van der Waals surface area (Å²) in [6.07, 6.45) is 2.28. The van der Waals surface area contributed by atoms with Gasteiger partial charge in [-0.1, -0.05) is 22.6 Å². The number of hydrogen-bond donors (Lipinski definition) is 0. The largest absolute Gasteiger partial charge is 0.443 e. The van der Waals surface area contributed by atoms with E-state index in [1.165, 1.54) is 0 Å². The third-order valence-corrected chi connectivity index (χ3v) is 1.99. The van der Waals surface area contributed by atoms with Crippen LogP contribution in [0.25, 0.3) is 0 Å². The number of ether oxygens (including phenoxy) is 1. The summed E-state index contributed by atoms with van der Waals surface area (Å²) >= 11 is 1.83. The van der Waals surface area contributed by atoms with E-state index in [0.29, 0.717) is 0 Å². The number of carbonyl (C=O) groups is 3. The molecule has 0 bridgehead atoms. The molecule has 6 heteroatoms. The standard InChI is InChI=1S/C7H6INO4/c8-3-7(12)13-4-9-5(10)1-2-6(9)11/h1-2H,3-4H2. The van der Waals surface area contributed by atoms with Gasteiger partial charge in [-0.2, -0.15) is 0 Å². The molecular weight excluding hydrogens is 289 g/mol. The van der Waals surface area contributed by atoms with Crippen LogP contribution >= 0.6 is 22.6 Å². The van der Waals surface area contributed by atoms with Crippen LogP contribution in [-0.2, 0) is 19.1 Å². The van der Waals surface area contributed by atoms with Gasteiger partial charge in [-0.15, -0.1) is 0 Å². The first-order chi connectivity index (χ1) is 6.15. The second-order valence-electron chi connectivity index (χ2n) is 2.22. The van der Waals surface area contributed by atoms with Gasteiger partial charge in [0.1, 0.15) is 0 Å². The lowest BCUT2D eigenvalue weighted by Gasteiger charge is -2.12. The molecule has 0 saturated heterocycles. The number of hydrogen-bond acceptors (Lipinski definition) is 4. The number of carbonyl (C=O) groups excluding carboxylic acids is 3. The minimum absolute atomic E-state index is 0.196. The lowest BCUT2D eigenvalue weighted by molar-refractivity contribution is -0.152. The Labute approximate surface area is 87.9 Å². The van der Waals surface area contributed by atoms with Crippen molar-refractivity contribution in [2.45, 2.75) is 0 Å². The summed E-state index contributed by atoms with van der Waals surface area (Å²) < 4.78 is 4.81. The quantitative estimate of drug-likeness (QED) is 0.314. The van der Waals surface area contributed by atoms with Gasteiger partial charge in [0.2, 0.25) is 0 Å². The van der Waals surface area contributed by atoms with Crippen LogP contribution in [0.5, 0.6) is 0 Å². The number of amides is 2. The molecule has 0 saturated carbocycles. The Kier molecular flexibility index (Phi) is 3.40. The van der Waals surface area contributed by atoms with Crippen LogP contribution < -0.4 is 0 Å². The third-order valence-electron chi connectivity index (χ3n) is 1.36. The molecule has 0 aromatic carbocycles. The molecule has 0 unspecified atom stereocenters. The maximum atomic E-state index is 10.9. The smallest absolute Gasteiger partial charge is 0.317 e. The number of imide groups is 1. The topological polar surface area (TPSA) is 63.7 Å². The van der Waals surface area contributed by atoms with Crippen molar-refractivity contribution in [2.24, 2.45) is 0 Å². The van der Waals surface area contributed by atoms with Crippen LogP contribution in [0.4, 0.5) is 0 Å². The van der Waals surface area contributed by atoms with Gasteiger partial charge in [0, 0.05) is 12.2 Å². The highest BCUT2D eigenvalue weighted by Crippen LogP contribution is 2.03. The molecule has 0 atom stereocenters. The third kappa shape index (κ3) is 2.51. The van der Waals surface area contributed by atoms with Gasteiger partial charge in [0.25, 0.3) is 11.8 Å². The molecule has 70 valence electrons. The fraction of sp³-hybridized carbons (Fsp3) is 0.286. The van der Waals surface area contributed by atoms with Crippen LogP contribution in [0.3, 0.4) is 0 Å². The van der Waals surface area contributed by atoms with Crippen molar-refractivity contribution >= 4 is 40.4 Å². The lowest BCUT2D eigenvalue weighted by Crippen LogP contribution is -2.33. The average Bonchev–Trinajstić information content (AvgIpc) is 2.43. The van der Waals surface area contributed by atoms with Crippen molar-refractivity contribution in [3.8, 4) is 0 Å². The summed E-state index contributed by atoms with van der Waals surface area (Å²) in [6, 6.07) is 0. The molecule has 0 radical (unpaired) electrons. The van der Waals surface area contributed by atoms with E-state index in [0.717, 1.165) is 17.1 Å². The first-order valence-electron chi connectivity index (χ1n) is 3.40. The van der Waals surface area contributed by atoms with E-state index in [4.69, 9.17) is 0 Å². The van der Waals surface area contributed by atoms with E-state index in [2.05, 4.69) is 4.74 Å². The summed E-state index contributed by atoms with van der Waals surface area (Å²) in [5.41, 5.74) is 0. The summed E-state index contributed by atoms with van der Waals surface area (Å²) in [5.74, 6) is -1.36. The van der Waals surface area contributed by atoms with Crippen LogP contribution in [0.1, 0.15) is 0 Å². The predicted molar refractivity (Wildman–Crippen MR) is 50.8 cm³/mol. The molecule has 0 aromatic heterocycles. The fourth-order valence-corrected chi connectivity index (χ4v) is 0.954. The second-order valence-corrected chi connectivity index (χ2v) is 2.98. The molecule has 1 heterocycles. The zero-order valence-corrected chi connectivity index (χ0v) is 8.68. The van der Waals surface area contributed by atoms with Gasteiger partial charge in [-0.25, -0.2) is 4.90 Å². The van der Waals surface area contributed by atoms with E-state index >= 15 is 0 Å². The van der Waals surface area contributed by atoms with Crippen molar-refractivity contribution < 1.29 is 19.1 Å². The van der Waals surface area contributed by atoms with Crippen LogP contribution in [0.15, 0.2) is 12.2 Å². The molecule has 2 amide bonds. The Morgan fingerprint density at radius 3 is 2.38 bits per heavy atom. The minimum atomic E-state index is -0.453. The van der Waals surface area contributed by atoms with Gasteiger partial charge in [-0.05, 0) is 0 Å². The molecule has 5 nitrogen and oxygen atoms in total. The van der Waals surface area contributed by atoms with Crippen molar-refractivity contribution in [3.05, 3.63) is 12.2 Å². The molecule has 0 fully saturated rings. The van der Waals surface area contributed by atoms with Crippen LogP contribution in [0.2, 0.25) is 0 Å². The average molecular weight is 295 g/mol. The molecule has 1 aliphatic heterocycles. The number of nitrogens with zero attached hydrogens (tertiary/aromatic N) is 1. The van der Waals surface area contributed by atoms with Crippen LogP contribution in [0, 0.1) is 0 Å². The lowest BCUT2D eigenvalue weighted by atomic mass is 10.6. The van der Waals surface area contributed by atoms with Crippen molar-refractivity contribution in [1.82, 2.24) is 4.90 Å². The highest BCUT2D eigenvalue weighted by atomic mass is 127. The maximum Gasteiger partial charge on any atom is 0.317 e. The molecule has 13 heavy (non-hydrogen) atoms. The molecule has 0 N–H and O–H groups in total. The Morgan fingerprint density at radius 1 is 1.38 bits per heavy atom. The number of rotatable bonds is 3. The zero-order chi connectivity index (χ0) is 9.84. The van der Waals surface area contributed by atoms with Crippen molar-refractivity contribution in [1.29, 1.82) is 0 Å². The Bertz CT molecular complexity index is 268. The summed E-state index contributed by atoms with van der Waals surface area (Å²) in [4.78, 5) is 33.4. The van der Waals surface area contributed by atoms with Gasteiger partial charge in [-0.3, -0.25) is 14.4 Å².